The van der Waals surface area contributed by atoms with E-state index in [0.29, 0.717) is 28.7 Å². The Bertz CT molecular complexity index is 385. The van der Waals surface area contributed by atoms with Crippen molar-refractivity contribution < 1.29 is 9.90 Å². The molecule has 16 heavy (non-hydrogen) atoms. The number of carboxylic acids is 1. The fourth-order valence-electron chi connectivity index (χ4n) is 1.12. The van der Waals surface area contributed by atoms with Crippen LogP contribution in [0.2, 0.25) is 10.0 Å². The van der Waals surface area contributed by atoms with Gasteiger partial charge in [-0.05, 0) is 24.6 Å². The molecular formula is C10H12Cl2N2O2. The van der Waals surface area contributed by atoms with Gasteiger partial charge in [0, 0.05) is 11.6 Å². The van der Waals surface area contributed by atoms with Gasteiger partial charge in [-0.2, -0.15) is 0 Å². The molecule has 1 aromatic rings. The number of anilines is 1. The summed E-state index contributed by atoms with van der Waals surface area (Å²) in [6, 6.07) is 4.19. The lowest BCUT2D eigenvalue weighted by Gasteiger charge is -2.10. The molecule has 0 spiro atoms. The molecule has 1 rings (SSSR count). The molecule has 0 aliphatic carbocycles. The topological polar surface area (TPSA) is 75.3 Å². The minimum atomic E-state index is -1.01. The van der Waals surface area contributed by atoms with E-state index in [1.807, 2.05) is 0 Å². The highest BCUT2D eigenvalue weighted by atomic mass is 35.5. The normalized spacial score (nSPS) is 12.2. The lowest BCUT2D eigenvalue weighted by atomic mass is 10.2. The Morgan fingerprint density at radius 3 is 2.75 bits per heavy atom. The number of nitrogens with one attached hydrogen (secondary N) is 1. The molecule has 0 aliphatic heterocycles. The number of carboxylic acid groups (broad SMARTS) is 1. The molecular weight excluding hydrogens is 251 g/mol. The van der Waals surface area contributed by atoms with E-state index in [9.17, 15) is 4.79 Å². The van der Waals surface area contributed by atoms with Gasteiger partial charge in [0.15, 0.2) is 0 Å². The molecule has 0 heterocycles. The van der Waals surface area contributed by atoms with E-state index in [2.05, 4.69) is 5.32 Å². The van der Waals surface area contributed by atoms with Crippen LogP contribution in [0.3, 0.4) is 0 Å². The molecule has 88 valence electrons. The fourth-order valence-corrected chi connectivity index (χ4v) is 1.59. The Hall–Kier alpha value is -0.970. The van der Waals surface area contributed by atoms with Gasteiger partial charge < -0.3 is 16.2 Å². The first-order valence-corrected chi connectivity index (χ1v) is 5.43. The Kier molecular flexibility index (Phi) is 4.86. The second kappa shape index (κ2) is 5.94. The number of hydrogen-bond donors (Lipinski definition) is 3. The number of nitrogens with two attached hydrogens (primary N) is 1. The van der Waals surface area contributed by atoms with Gasteiger partial charge in [-0.1, -0.05) is 23.2 Å². The van der Waals surface area contributed by atoms with Crippen LogP contribution in [0.25, 0.3) is 0 Å². The highest BCUT2D eigenvalue weighted by Gasteiger charge is 2.10. The SMILES string of the molecule is NC(CCNc1ccc(Cl)cc1Cl)C(=O)O. The maximum absolute atomic E-state index is 10.5. The van der Waals surface area contributed by atoms with Crippen LogP contribution in [0.15, 0.2) is 18.2 Å². The zero-order chi connectivity index (χ0) is 12.1. The number of halogens is 2. The van der Waals surface area contributed by atoms with Crippen molar-refractivity contribution in [2.45, 2.75) is 12.5 Å². The molecule has 1 aromatic carbocycles. The summed E-state index contributed by atoms with van der Waals surface area (Å²) < 4.78 is 0. The van der Waals surface area contributed by atoms with Gasteiger partial charge in [0.05, 0.1) is 10.7 Å². The third-order valence-corrected chi connectivity index (χ3v) is 2.57. The number of aliphatic carboxylic acids is 1. The van der Waals surface area contributed by atoms with Crippen LogP contribution in [0.1, 0.15) is 6.42 Å². The van der Waals surface area contributed by atoms with Crippen molar-refractivity contribution >= 4 is 34.9 Å². The van der Waals surface area contributed by atoms with Gasteiger partial charge in [0.1, 0.15) is 6.04 Å². The van der Waals surface area contributed by atoms with E-state index in [1.165, 1.54) is 0 Å². The summed E-state index contributed by atoms with van der Waals surface area (Å²) in [6.07, 6.45) is 0.328. The molecule has 4 N–H and O–H groups in total. The minimum absolute atomic E-state index is 0.328. The van der Waals surface area contributed by atoms with Gasteiger partial charge in [-0.3, -0.25) is 4.79 Å². The Morgan fingerprint density at radius 1 is 1.50 bits per heavy atom. The van der Waals surface area contributed by atoms with Crippen molar-refractivity contribution in [3.63, 3.8) is 0 Å². The number of benzene rings is 1. The van der Waals surface area contributed by atoms with Crippen molar-refractivity contribution in [2.24, 2.45) is 5.73 Å². The van der Waals surface area contributed by atoms with E-state index < -0.39 is 12.0 Å². The van der Waals surface area contributed by atoms with E-state index in [1.54, 1.807) is 18.2 Å². The molecule has 0 saturated carbocycles. The molecule has 0 fully saturated rings. The van der Waals surface area contributed by atoms with Gasteiger partial charge in [0.2, 0.25) is 0 Å². The summed E-state index contributed by atoms with van der Waals surface area (Å²) in [5, 5.41) is 12.6. The van der Waals surface area contributed by atoms with Gasteiger partial charge in [0.25, 0.3) is 0 Å². The van der Waals surface area contributed by atoms with Crippen LogP contribution in [0, 0.1) is 0 Å². The van der Waals surface area contributed by atoms with Gasteiger partial charge in [-0.25, -0.2) is 0 Å². The maximum atomic E-state index is 10.5. The summed E-state index contributed by atoms with van der Waals surface area (Å²) >= 11 is 11.6. The van der Waals surface area contributed by atoms with Crippen LogP contribution in [0.5, 0.6) is 0 Å². The zero-order valence-electron chi connectivity index (χ0n) is 8.41. The average Bonchev–Trinajstić information content (AvgIpc) is 2.20. The molecule has 0 bridgehead atoms. The van der Waals surface area contributed by atoms with Crippen molar-refractivity contribution in [1.29, 1.82) is 0 Å². The largest absolute Gasteiger partial charge is 0.480 e. The summed E-state index contributed by atoms with van der Waals surface area (Å²) in [5.74, 6) is -1.01. The first-order valence-electron chi connectivity index (χ1n) is 4.68. The molecule has 0 aromatic heterocycles. The Labute approximate surface area is 103 Å². The zero-order valence-corrected chi connectivity index (χ0v) is 9.92. The third-order valence-electron chi connectivity index (χ3n) is 2.02. The molecule has 4 nitrogen and oxygen atoms in total. The van der Waals surface area contributed by atoms with Crippen LogP contribution in [-0.2, 0) is 4.79 Å². The second-order valence-electron chi connectivity index (χ2n) is 3.28. The number of hydrogen-bond acceptors (Lipinski definition) is 3. The molecule has 0 radical (unpaired) electrons. The van der Waals surface area contributed by atoms with Crippen molar-refractivity contribution in [3.8, 4) is 0 Å². The average molecular weight is 263 g/mol. The quantitative estimate of drug-likeness (QED) is 0.761. The Morgan fingerprint density at radius 2 is 2.19 bits per heavy atom. The van der Waals surface area contributed by atoms with Crippen LogP contribution in [-0.4, -0.2) is 23.7 Å². The minimum Gasteiger partial charge on any atom is -0.480 e. The summed E-state index contributed by atoms with van der Waals surface area (Å²) in [5.41, 5.74) is 6.06. The third kappa shape index (κ3) is 3.89. The van der Waals surface area contributed by atoms with Crippen LogP contribution < -0.4 is 11.1 Å². The molecule has 1 atom stereocenters. The summed E-state index contributed by atoms with van der Waals surface area (Å²) in [7, 11) is 0. The van der Waals surface area contributed by atoms with E-state index in [0.717, 1.165) is 0 Å². The van der Waals surface area contributed by atoms with E-state index in [-0.39, 0.29) is 0 Å². The monoisotopic (exact) mass is 262 g/mol. The molecule has 1 unspecified atom stereocenters. The highest BCUT2D eigenvalue weighted by Crippen LogP contribution is 2.25. The smallest absolute Gasteiger partial charge is 0.320 e. The van der Waals surface area contributed by atoms with Crippen molar-refractivity contribution in [1.82, 2.24) is 0 Å². The molecule has 6 heteroatoms. The molecule has 0 aliphatic rings. The predicted octanol–water partition coefficient (Wildman–Crippen LogP) is 2.21. The summed E-state index contributed by atoms with van der Waals surface area (Å²) in [6.45, 7) is 0.439. The fraction of sp³-hybridized carbons (Fsp3) is 0.300. The van der Waals surface area contributed by atoms with E-state index in [4.69, 9.17) is 34.0 Å². The number of carbonyl (C=O) groups is 1. The summed E-state index contributed by atoms with van der Waals surface area (Å²) in [4.78, 5) is 10.5. The lowest BCUT2D eigenvalue weighted by molar-refractivity contribution is -0.138. The van der Waals surface area contributed by atoms with Gasteiger partial charge >= 0.3 is 5.97 Å². The number of rotatable bonds is 5. The molecule has 0 saturated heterocycles. The molecule has 0 amide bonds. The van der Waals surface area contributed by atoms with Crippen molar-refractivity contribution in [2.75, 3.05) is 11.9 Å². The maximum Gasteiger partial charge on any atom is 0.320 e. The Balaban J connectivity index is 2.46. The highest BCUT2D eigenvalue weighted by molar-refractivity contribution is 6.36. The van der Waals surface area contributed by atoms with E-state index >= 15 is 0 Å². The second-order valence-corrected chi connectivity index (χ2v) is 4.13. The van der Waals surface area contributed by atoms with Crippen molar-refractivity contribution in [3.05, 3.63) is 28.2 Å². The first-order chi connectivity index (χ1) is 7.50. The van der Waals surface area contributed by atoms with Gasteiger partial charge in [-0.15, -0.1) is 0 Å². The predicted molar refractivity (Wildman–Crippen MR) is 65.2 cm³/mol. The van der Waals surface area contributed by atoms with Crippen LogP contribution >= 0.6 is 23.2 Å². The first kappa shape index (κ1) is 13.1. The standard InChI is InChI=1S/C10H12Cl2N2O2/c11-6-1-2-9(7(12)5-6)14-4-3-8(13)10(15)16/h1-2,5,8,14H,3-4,13H2,(H,15,16). The van der Waals surface area contributed by atoms with Crippen LogP contribution in [0.4, 0.5) is 5.69 Å². The lowest BCUT2D eigenvalue weighted by Crippen LogP contribution is -2.32.